The number of rotatable bonds is 11. The first-order valence-corrected chi connectivity index (χ1v) is 16.6. The van der Waals surface area contributed by atoms with Crippen LogP contribution in [0.3, 0.4) is 0 Å². The van der Waals surface area contributed by atoms with Crippen LogP contribution >= 0.6 is 11.8 Å². The molecule has 4 aromatic carbocycles. The van der Waals surface area contributed by atoms with Crippen molar-refractivity contribution in [3.05, 3.63) is 162 Å². The summed E-state index contributed by atoms with van der Waals surface area (Å²) in [6.45, 7) is 0.553. The van der Waals surface area contributed by atoms with E-state index in [1.165, 1.54) is 4.90 Å². The first kappa shape index (κ1) is 30.4. The normalized spacial score (nSPS) is 15.0. The van der Waals surface area contributed by atoms with E-state index in [-0.39, 0.29) is 11.1 Å². The van der Waals surface area contributed by atoms with Crippen molar-refractivity contribution < 1.29 is 14.3 Å². The van der Waals surface area contributed by atoms with Crippen LogP contribution in [0, 0.1) is 0 Å². The monoisotopic (exact) mass is 638 g/mol. The molecule has 6 aromatic rings. The number of imidazole rings is 1. The number of pyridine rings is 1. The molecule has 1 aliphatic heterocycles. The van der Waals surface area contributed by atoms with Crippen molar-refractivity contribution in [1.29, 1.82) is 0 Å². The van der Waals surface area contributed by atoms with Crippen molar-refractivity contribution in [2.75, 3.05) is 6.61 Å². The van der Waals surface area contributed by atoms with Crippen LogP contribution in [-0.2, 0) is 30.2 Å². The smallest absolute Gasteiger partial charge is 0.290 e. The van der Waals surface area contributed by atoms with E-state index < -0.39 is 10.8 Å². The highest BCUT2D eigenvalue weighted by Gasteiger charge is 2.53. The maximum atomic E-state index is 14.4. The third-order valence-electron chi connectivity index (χ3n) is 8.71. The second-order valence-electron chi connectivity index (χ2n) is 11.6. The van der Waals surface area contributed by atoms with Gasteiger partial charge in [0.25, 0.3) is 5.24 Å². The highest BCUT2D eigenvalue weighted by atomic mass is 32.2. The van der Waals surface area contributed by atoms with Crippen molar-refractivity contribution in [3.8, 4) is 5.75 Å². The Kier molecular flexibility index (Phi) is 8.59. The number of benzene rings is 4. The zero-order valence-electron chi connectivity index (χ0n) is 26.0. The summed E-state index contributed by atoms with van der Waals surface area (Å²) in [4.78, 5) is 38.9. The molecule has 0 spiro atoms. The van der Waals surface area contributed by atoms with E-state index in [0.29, 0.717) is 13.0 Å². The number of aromatic nitrogens is 3. The third-order valence-corrected chi connectivity index (χ3v) is 9.75. The molecule has 1 unspecified atom stereocenters. The molecular formula is C39H34N4O3S. The number of hydrogen-bond donors (Lipinski definition) is 0. The van der Waals surface area contributed by atoms with Crippen LogP contribution in [0.25, 0.3) is 11.2 Å². The van der Waals surface area contributed by atoms with Crippen LogP contribution in [0.5, 0.6) is 5.75 Å². The van der Waals surface area contributed by atoms with Gasteiger partial charge < -0.3 is 9.30 Å². The number of carbonyl (C=O) groups excluding carboxylic acids is 2. The quantitative estimate of drug-likeness (QED) is 0.108. The topological polar surface area (TPSA) is 77.3 Å². The van der Waals surface area contributed by atoms with Crippen LogP contribution in [0.1, 0.15) is 34.5 Å². The summed E-state index contributed by atoms with van der Waals surface area (Å²) >= 11 is 1.10. The van der Waals surface area contributed by atoms with Crippen molar-refractivity contribution in [1.82, 2.24) is 19.4 Å². The van der Waals surface area contributed by atoms with Crippen LogP contribution in [0.2, 0.25) is 0 Å². The second kappa shape index (κ2) is 13.3. The lowest BCUT2D eigenvalue weighted by molar-refractivity contribution is -0.129. The third kappa shape index (κ3) is 5.81. The van der Waals surface area contributed by atoms with Gasteiger partial charge in [-0.25, -0.2) is 9.97 Å². The van der Waals surface area contributed by atoms with Gasteiger partial charge >= 0.3 is 0 Å². The van der Waals surface area contributed by atoms with E-state index in [2.05, 4.69) is 9.97 Å². The van der Waals surface area contributed by atoms with Gasteiger partial charge in [0, 0.05) is 19.7 Å². The molecule has 2 amide bonds. The summed E-state index contributed by atoms with van der Waals surface area (Å²) in [5.74, 6) is 1.55. The summed E-state index contributed by atoms with van der Waals surface area (Å²) in [5, 5.41) is -0.805. The first-order valence-electron chi connectivity index (χ1n) is 15.7. The zero-order valence-corrected chi connectivity index (χ0v) is 26.8. The number of fused-ring (bicyclic) bond motifs is 1. The van der Waals surface area contributed by atoms with E-state index in [9.17, 15) is 9.59 Å². The maximum Gasteiger partial charge on any atom is 0.290 e. The Labute approximate surface area is 278 Å². The molecule has 2 aromatic heterocycles. The summed E-state index contributed by atoms with van der Waals surface area (Å²) in [5.41, 5.74) is 4.20. The zero-order chi connectivity index (χ0) is 32.2. The predicted octanol–water partition coefficient (Wildman–Crippen LogP) is 7.58. The van der Waals surface area contributed by atoms with Gasteiger partial charge in [-0.2, -0.15) is 0 Å². The van der Waals surface area contributed by atoms with Gasteiger partial charge in [-0.15, -0.1) is 0 Å². The van der Waals surface area contributed by atoms with E-state index in [1.807, 2.05) is 139 Å². The Bertz CT molecular complexity index is 1900. The Balaban J connectivity index is 1.07. The minimum atomic E-state index is -1.12. The number of amides is 2. The van der Waals surface area contributed by atoms with Gasteiger partial charge in [-0.1, -0.05) is 115 Å². The molecule has 0 radical (unpaired) electrons. The molecule has 0 aliphatic carbocycles. The Morgan fingerprint density at radius 1 is 0.766 bits per heavy atom. The van der Waals surface area contributed by atoms with E-state index >= 15 is 0 Å². The van der Waals surface area contributed by atoms with Gasteiger partial charge in [0.1, 0.15) is 22.6 Å². The largest absolute Gasteiger partial charge is 0.494 e. The molecule has 47 heavy (non-hydrogen) atoms. The molecule has 0 bridgehead atoms. The molecule has 1 aliphatic rings. The average molecular weight is 639 g/mol. The summed E-state index contributed by atoms with van der Waals surface area (Å²) < 4.78 is 8.06. The standard InChI is InChI=1S/C39H34N4O3S/c1-42-35(41-33-19-11-25-40-36(33)42)20-12-26-46-32-23-21-28(22-24-32)27-34-37(44)43(38(45)47-34)39(29-13-5-2-6-14-29,30-15-7-3-8-16-30)31-17-9-4-10-18-31/h2-11,13-19,21-25,34H,12,20,26-27H2,1H3. The lowest BCUT2D eigenvalue weighted by Crippen LogP contribution is -2.51. The highest BCUT2D eigenvalue weighted by Crippen LogP contribution is 2.47. The summed E-state index contributed by atoms with van der Waals surface area (Å²) in [7, 11) is 1.99. The van der Waals surface area contributed by atoms with Crippen molar-refractivity contribution in [2.24, 2.45) is 7.05 Å². The molecular weight excluding hydrogens is 605 g/mol. The van der Waals surface area contributed by atoms with Gasteiger partial charge in [0.15, 0.2) is 5.65 Å². The molecule has 234 valence electrons. The Hall–Kier alpha value is -5.21. The molecule has 0 N–H and O–H groups in total. The van der Waals surface area contributed by atoms with Crippen molar-refractivity contribution >= 4 is 34.1 Å². The van der Waals surface area contributed by atoms with Crippen LogP contribution in [0.15, 0.2) is 134 Å². The minimum absolute atomic E-state index is 0.200. The lowest BCUT2D eigenvalue weighted by atomic mass is 9.75. The number of nitrogens with zero attached hydrogens (tertiary/aromatic N) is 4. The summed E-state index contributed by atoms with van der Waals surface area (Å²) in [6, 6.07) is 41.2. The molecule has 1 saturated heterocycles. The van der Waals surface area contributed by atoms with E-state index in [1.54, 1.807) is 6.20 Å². The lowest BCUT2D eigenvalue weighted by Gasteiger charge is -2.42. The number of carbonyl (C=O) groups is 2. The van der Waals surface area contributed by atoms with Crippen LogP contribution in [0.4, 0.5) is 4.79 Å². The number of hydrogen-bond acceptors (Lipinski definition) is 6. The second-order valence-corrected chi connectivity index (χ2v) is 12.7. The molecule has 1 fully saturated rings. The van der Waals surface area contributed by atoms with Crippen molar-refractivity contribution in [3.63, 3.8) is 0 Å². The van der Waals surface area contributed by atoms with Crippen LogP contribution < -0.4 is 4.74 Å². The average Bonchev–Trinajstić information content (AvgIpc) is 3.59. The predicted molar refractivity (Wildman–Crippen MR) is 185 cm³/mol. The Morgan fingerprint density at radius 3 is 1.94 bits per heavy atom. The fourth-order valence-corrected chi connectivity index (χ4v) is 7.52. The number of aryl methyl sites for hydroxylation is 2. The van der Waals surface area contributed by atoms with E-state index in [4.69, 9.17) is 4.74 Å². The maximum absolute atomic E-state index is 14.4. The number of thioether (sulfide) groups is 1. The first-order chi connectivity index (χ1) is 23.1. The molecule has 3 heterocycles. The van der Waals surface area contributed by atoms with Gasteiger partial charge in [-0.3, -0.25) is 14.5 Å². The fraction of sp³-hybridized carbons (Fsp3) is 0.179. The fourth-order valence-electron chi connectivity index (χ4n) is 6.47. The van der Waals surface area contributed by atoms with Crippen molar-refractivity contribution in [2.45, 2.75) is 30.1 Å². The van der Waals surface area contributed by atoms with Gasteiger partial charge in [-0.05, 0) is 59.4 Å². The number of ether oxygens (including phenoxy) is 1. The van der Waals surface area contributed by atoms with Gasteiger partial charge in [0.2, 0.25) is 5.91 Å². The molecule has 7 nitrogen and oxygen atoms in total. The molecule has 7 rings (SSSR count). The molecule has 0 saturated carbocycles. The molecule has 1 atom stereocenters. The van der Waals surface area contributed by atoms with Gasteiger partial charge in [0.05, 0.1) is 11.9 Å². The SMILES string of the molecule is Cn1c(CCCOc2ccc(CC3SC(=O)N(C(c4ccccc4)(c4ccccc4)c4ccccc4)C3=O)cc2)nc2cccnc21. The van der Waals surface area contributed by atoms with E-state index in [0.717, 1.165) is 69.6 Å². The summed E-state index contributed by atoms with van der Waals surface area (Å²) in [6.07, 6.45) is 3.81. The number of imide groups is 1. The minimum Gasteiger partial charge on any atom is -0.494 e. The molecule has 8 heteroatoms. The highest BCUT2D eigenvalue weighted by molar-refractivity contribution is 8.15. The Morgan fingerprint density at radius 2 is 1.36 bits per heavy atom. The van der Waals surface area contributed by atoms with Crippen LogP contribution in [-0.4, -0.2) is 42.4 Å².